The zero-order valence-corrected chi connectivity index (χ0v) is 26.5. The highest BCUT2D eigenvalue weighted by Gasteiger charge is 2.38. The van der Waals surface area contributed by atoms with Crippen molar-refractivity contribution < 1.29 is 0 Å². The van der Waals surface area contributed by atoms with E-state index in [1.54, 1.807) is 0 Å². The van der Waals surface area contributed by atoms with Gasteiger partial charge in [0.1, 0.15) is 0 Å². The van der Waals surface area contributed by atoms with Crippen molar-refractivity contribution in [2.75, 3.05) is 0 Å². The number of hydrogen-bond acceptors (Lipinski definition) is 0. The molecule has 3 aliphatic rings. The molecule has 0 bridgehead atoms. The number of hydrogen-bond donors (Lipinski definition) is 0. The fraction of sp³-hybridized carbons (Fsp3) is 0.111. The number of para-hydroxylation sites is 3. The lowest BCUT2D eigenvalue weighted by Gasteiger charge is -2.29. The molecule has 0 spiro atoms. The number of allylic oxidation sites excluding steroid dienone is 1. The quantitative estimate of drug-likeness (QED) is 0.177. The molecule has 0 saturated heterocycles. The minimum atomic E-state index is -0.0935. The predicted octanol–water partition coefficient (Wildman–Crippen LogP) is 11.6. The van der Waals surface area contributed by atoms with Crippen LogP contribution in [-0.4, -0.2) is 9.13 Å². The zero-order chi connectivity index (χ0) is 31.0. The number of aromatic nitrogens is 2. The maximum Gasteiger partial charge on any atom is 0.0706 e. The summed E-state index contributed by atoms with van der Waals surface area (Å²) in [5, 5.41) is 3.96. The third-order valence-corrected chi connectivity index (χ3v) is 11.4. The fourth-order valence-electron chi connectivity index (χ4n) is 9.49. The number of fused-ring (bicyclic) bond motifs is 13. The molecule has 3 heterocycles. The summed E-state index contributed by atoms with van der Waals surface area (Å²) in [6.07, 6.45) is 5.74. The smallest absolute Gasteiger partial charge is 0.0706 e. The molecule has 2 aliphatic carbocycles. The number of nitrogens with zero attached hydrogens (tertiary/aromatic N) is 2. The first kappa shape index (κ1) is 25.6. The Hall–Kier alpha value is -5.60. The molecular weight excluding hydrogens is 569 g/mol. The summed E-state index contributed by atoms with van der Waals surface area (Å²) in [4.78, 5) is 0. The molecule has 1 atom stereocenters. The normalized spacial score (nSPS) is 16.5. The number of benzene rings is 6. The molecule has 2 nitrogen and oxygen atoms in total. The van der Waals surface area contributed by atoms with E-state index in [1.165, 1.54) is 94.3 Å². The summed E-state index contributed by atoms with van der Waals surface area (Å²) in [5.41, 5.74) is 18.5. The molecular formula is C45H32N2. The molecule has 0 saturated carbocycles. The summed E-state index contributed by atoms with van der Waals surface area (Å²) in [5.74, 6) is 0.250. The van der Waals surface area contributed by atoms with E-state index in [0.29, 0.717) is 0 Å². The summed E-state index contributed by atoms with van der Waals surface area (Å²) >= 11 is 0. The van der Waals surface area contributed by atoms with E-state index >= 15 is 0 Å². The minimum Gasteiger partial charge on any atom is -0.310 e. The van der Waals surface area contributed by atoms with Crippen LogP contribution in [0.2, 0.25) is 0 Å². The Kier molecular flexibility index (Phi) is 4.79. The second-order valence-corrected chi connectivity index (χ2v) is 14.0. The molecule has 2 heteroatoms. The van der Waals surface area contributed by atoms with Gasteiger partial charge in [0, 0.05) is 38.7 Å². The van der Waals surface area contributed by atoms with Gasteiger partial charge in [0.2, 0.25) is 0 Å². The van der Waals surface area contributed by atoms with Crippen LogP contribution in [0, 0.1) is 0 Å². The Morgan fingerprint density at radius 1 is 0.596 bits per heavy atom. The standard InChI is InChI=1S/C45H32N2/c1-45(2)37-21-6-3-12-29(37)32-16-9-15-28(42(32)45)27-24-25-40-41(26-27)47-39-23-8-5-14-31(39)34-18-11-20-36(44(34)47)35-19-10-17-33-30-13-4-7-22-38(30)46(40)43(33)35/h3-19,21-26,36H,20H2,1-2H3. The minimum absolute atomic E-state index is 0.0935. The Morgan fingerprint density at radius 3 is 2.19 bits per heavy atom. The molecule has 0 N–H and O–H groups in total. The molecule has 11 rings (SSSR count). The molecule has 2 aromatic heterocycles. The molecule has 8 aromatic rings. The monoisotopic (exact) mass is 600 g/mol. The van der Waals surface area contributed by atoms with Crippen LogP contribution >= 0.6 is 0 Å². The number of rotatable bonds is 1. The summed E-state index contributed by atoms with van der Waals surface area (Å²) < 4.78 is 5.17. The van der Waals surface area contributed by atoms with Crippen molar-refractivity contribution in [3.05, 3.63) is 161 Å². The third-order valence-electron chi connectivity index (χ3n) is 11.4. The van der Waals surface area contributed by atoms with Crippen molar-refractivity contribution in [2.45, 2.75) is 31.6 Å². The maximum atomic E-state index is 2.61. The SMILES string of the molecule is CC1(C)c2ccccc2-c2cccc(-c3ccc4c(c3)-n3c5c(c6ccccc63)C=CCC5c3cccc5c6ccccc6n-4c35)c21. The Morgan fingerprint density at radius 2 is 1.30 bits per heavy atom. The molecule has 1 aliphatic heterocycles. The lowest BCUT2D eigenvalue weighted by Crippen LogP contribution is -2.17. The summed E-state index contributed by atoms with van der Waals surface area (Å²) in [7, 11) is 0. The van der Waals surface area contributed by atoms with Gasteiger partial charge in [-0.25, -0.2) is 0 Å². The van der Waals surface area contributed by atoms with Crippen molar-refractivity contribution in [3.63, 3.8) is 0 Å². The van der Waals surface area contributed by atoms with Crippen molar-refractivity contribution in [3.8, 4) is 33.6 Å². The van der Waals surface area contributed by atoms with E-state index < -0.39 is 0 Å². The van der Waals surface area contributed by atoms with Gasteiger partial charge in [-0.05, 0) is 69.6 Å². The maximum absolute atomic E-state index is 2.61. The highest BCUT2D eigenvalue weighted by atomic mass is 15.1. The molecule has 0 radical (unpaired) electrons. The second kappa shape index (κ2) is 8.80. The molecule has 222 valence electrons. The third kappa shape index (κ3) is 3.11. The van der Waals surface area contributed by atoms with E-state index in [1.807, 2.05) is 0 Å². The summed E-state index contributed by atoms with van der Waals surface area (Å²) in [6, 6.07) is 48.0. The van der Waals surface area contributed by atoms with E-state index in [9.17, 15) is 0 Å². The lowest BCUT2D eigenvalue weighted by molar-refractivity contribution is 0.662. The van der Waals surface area contributed by atoms with E-state index in [2.05, 4.69) is 163 Å². The van der Waals surface area contributed by atoms with Gasteiger partial charge in [-0.1, -0.05) is 129 Å². The molecule has 0 fully saturated rings. The van der Waals surface area contributed by atoms with Crippen LogP contribution < -0.4 is 0 Å². The van der Waals surface area contributed by atoms with E-state index in [0.717, 1.165) is 6.42 Å². The van der Waals surface area contributed by atoms with Crippen molar-refractivity contribution in [1.82, 2.24) is 9.13 Å². The Balaban J connectivity index is 1.30. The van der Waals surface area contributed by atoms with E-state index in [4.69, 9.17) is 0 Å². The first-order valence-electron chi connectivity index (χ1n) is 16.8. The van der Waals surface area contributed by atoms with Gasteiger partial charge in [-0.2, -0.15) is 0 Å². The summed E-state index contributed by atoms with van der Waals surface area (Å²) in [6.45, 7) is 4.78. The van der Waals surface area contributed by atoms with E-state index in [-0.39, 0.29) is 11.3 Å². The van der Waals surface area contributed by atoms with Crippen LogP contribution in [-0.2, 0) is 5.41 Å². The predicted molar refractivity (Wildman–Crippen MR) is 196 cm³/mol. The molecule has 0 amide bonds. The molecule has 47 heavy (non-hydrogen) atoms. The first-order valence-corrected chi connectivity index (χ1v) is 16.8. The van der Waals surface area contributed by atoms with Gasteiger partial charge >= 0.3 is 0 Å². The first-order chi connectivity index (χ1) is 23.1. The van der Waals surface area contributed by atoms with Crippen LogP contribution in [0.1, 0.15) is 54.1 Å². The lowest BCUT2D eigenvalue weighted by atomic mass is 9.79. The zero-order valence-electron chi connectivity index (χ0n) is 26.5. The molecule has 6 aromatic carbocycles. The van der Waals surface area contributed by atoms with Crippen molar-refractivity contribution in [2.24, 2.45) is 0 Å². The molecule has 1 unspecified atom stereocenters. The largest absolute Gasteiger partial charge is 0.310 e. The average molecular weight is 601 g/mol. The van der Waals surface area contributed by atoms with Crippen LogP contribution in [0.15, 0.2) is 133 Å². The van der Waals surface area contributed by atoms with Gasteiger partial charge in [0.15, 0.2) is 0 Å². The van der Waals surface area contributed by atoms with Gasteiger partial charge in [0.25, 0.3) is 0 Å². The van der Waals surface area contributed by atoms with Gasteiger partial charge in [-0.3, -0.25) is 0 Å². The highest BCUT2D eigenvalue weighted by molar-refractivity contribution is 6.11. The Labute approximate surface area is 273 Å². The van der Waals surface area contributed by atoms with Crippen LogP contribution in [0.5, 0.6) is 0 Å². The van der Waals surface area contributed by atoms with Crippen LogP contribution in [0.4, 0.5) is 0 Å². The fourth-order valence-corrected chi connectivity index (χ4v) is 9.49. The van der Waals surface area contributed by atoms with Gasteiger partial charge in [-0.15, -0.1) is 0 Å². The topological polar surface area (TPSA) is 9.86 Å². The second-order valence-electron chi connectivity index (χ2n) is 14.0. The van der Waals surface area contributed by atoms with Gasteiger partial charge in [0.05, 0.1) is 27.9 Å². The Bertz CT molecular complexity index is 2690. The average Bonchev–Trinajstić information content (AvgIpc) is 3.71. The van der Waals surface area contributed by atoms with Crippen LogP contribution in [0.25, 0.3) is 72.4 Å². The van der Waals surface area contributed by atoms with Crippen molar-refractivity contribution in [1.29, 1.82) is 0 Å². The van der Waals surface area contributed by atoms with Crippen LogP contribution in [0.3, 0.4) is 0 Å². The van der Waals surface area contributed by atoms with Gasteiger partial charge < -0.3 is 9.13 Å². The highest BCUT2D eigenvalue weighted by Crippen LogP contribution is 2.53. The van der Waals surface area contributed by atoms with Crippen molar-refractivity contribution >= 4 is 38.8 Å².